The van der Waals surface area contributed by atoms with Gasteiger partial charge in [-0.3, -0.25) is 4.90 Å². The zero-order valence-electron chi connectivity index (χ0n) is 19.2. The molecule has 2 heterocycles. The van der Waals surface area contributed by atoms with Crippen molar-refractivity contribution in [3.63, 3.8) is 0 Å². The van der Waals surface area contributed by atoms with Crippen molar-refractivity contribution in [3.05, 3.63) is 83.6 Å². The summed E-state index contributed by atoms with van der Waals surface area (Å²) in [6.45, 7) is 0.442. The second kappa shape index (κ2) is 9.31. The molecule has 8 nitrogen and oxygen atoms in total. The number of amides is 1. The fraction of sp³-hybridized carbons (Fsp3) is 0.185. The van der Waals surface area contributed by atoms with Crippen LogP contribution in [0.3, 0.4) is 0 Å². The molecule has 1 unspecified atom stereocenters. The Balaban J connectivity index is 1.52. The number of ether oxygens (including phenoxy) is 3. The monoisotopic (exact) mass is 468 g/mol. The van der Waals surface area contributed by atoms with Gasteiger partial charge in [-0.2, -0.15) is 5.26 Å². The Morgan fingerprint density at radius 1 is 1.09 bits per heavy atom. The summed E-state index contributed by atoms with van der Waals surface area (Å²) in [5, 5.41) is 9.83. The van der Waals surface area contributed by atoms with E-state index in [1.165, 1.54) is 0 Å². The molecule has 0 aliphatic carbocycles. The van der Waals surface area contributed by atoms with Crippen molar-refractivity contribution in [3.8, 4) is 23.3 Å². The summed E-state index contributed by atoms with van der Waals surface area (Å²) < 4.78 is 16.3. The molecule has 1 aliphatic rings. The number of hydrogen-bond acceptors (Lipinski definition) is 6. The van der Waals surface area contributed by atoms with Crippen molar-refractivity contribution in [1.29, 1.82) is 5.26 Å². The topological polar surface area (TPSA) is 114 Å². The summed E-state index contributed by atoms with van der Waals surface area (Å²) in [5.41, 5.74) is 10.7. The second-order valence-corrected chi connectivity index (χ2v) is 8.23. The van der Waals surface area contributed by atoms with Crippen LogP contribution in [0.2, 0.25) is 0 Å². The van der Waals surface area contributed by atoms with Crippen molar-refractivity contribution < 1.29 is 19.0 Å². The number of carbonyl (C=O) groups excluding carboxylic acids is 1. The average Bonchev–Trinajstić information content (AvgIpc) is 3.25. The third-order valence-electron chi connectivity index (χ3n) is 6.15. The van der Waals surface area contributed by atoms with E-state index in [4.69, 9.17) is 25.2 Å². The van der Waals surface area contributed by atoms with Crippen LogP contribution in [0, 0.1) is 11.3 Å². The maximum Gasteiger partial charge on any atom is 0.416 e. The predicted octanol–water partition coefficient (Wildman–Crippen LogP) is 4.81. The van der Waals surface area contributed by atoms with E-state index in [2.05, 4.69) is 4.98 Å². The number of carbonyl (C=O) groups is 1. The van der Waals surface area contributed by atoms with Gasteiger partial charge in [0.05, 0.1) is 7.11 Å². The summed E-state index contributed by atoms with van der Waals surface area (Å²) >= 11 is 0. The van der Waals surface area contributed by atoms with E-state index in [1.807, 2.05) is 36.4 Å². The van der Waals surface area contributed by atoms with Gasteiger partial charge >= 0.3 is 6.09 Å². The summed E-state index contributed by atoms with van der Waals surface area (Å²) in [7, 11) is 1.58. The maximum absolute atomic E-state index is 13.4. The van der Waals surface area contributed by atoms with Gasteiger partial charge in [0.25, 0.3) is 0 Å². The Morgan fingerprint density at radius 2 is 1.80 bits per heavy atom. The van der Waals surface area contributed by atoms with E-state index < -0.39 is 12.1 Å². The maximum atomic E-state index is 13.4. The zero-order chi connectivity index (χ0) is 24.4. The first-order valence-electron chi connectivity index (χ1n) is 11.2. The fourth-order valence-electron chi connectivity index (χ4n) is 4.51. The summed E-state index contributed by atoms with van der Waals surface area (Å²) in [6.07, 6.45) is 0.213. The minimum atomic E-state index is -0.450. The van der Waals surface area contributed by atoms with Gasteiger partial charge in [-0.25, -0.2) is 4.79 Å². The Kier molecular flexibility index (Phi) is 5.90. The van der Waals surface area contributed by atoms with Crippen molar-refractivity contribution in [2.45, 2.75) is 12.5 Å². The van der Waals surface area contributed by atoms with Crippen LogP contribution in [0.5, 0.6) is 17.2 Å². The molecule has 3 N–H and O–H groups in total. The lowest BCUT2D eigenvalue weighted by Gasteiger charge is -2.35. The van der Waals surface area contributed by atoms with Gasteiger partial charge in [0.1, 0.15) is 29.4 Å². The Bertz CT molecular complexity index is 1400. The molecule has 1 atom stereocenters. The molecule has 3 aromatic carbocycles. The van der Waals surface area contributed by atoms with E-state index in [0.29, 0.717) is 35.9 Å². The Hall–Kier alpha value is -4.64. The van der Waals surface area contributed by atoms with Gasteiger partial charge in [0.2, 0.25) is 0 Å². The number of nitrogen functional groups attached to an aromatic ring is 1. The highest BCUT2D eigenvalue weighted by Gasteiger charge is 2.35. The molecule has 1 aromatic heterocycles. The van der Waals surface area contributed by atoms with Crippen LogP contribution in [-0.2, 0) is 6.42 Å². The highest BCUT2D eigenvalue weighted by atomic mass is 16.6. The molecule has 0 spiro atoms. The molecule has 0 fully saturated rings. The molecular weight excluding hydrogens is 444 g/mol. The fourth-order valence-corrected chi connectivity index (χ4v) is 4.51. The van der Waals surface area contributed by atoms with E-state index in [9.17, 15) is 4.79 Å². The number of fused-ring (bicyclic) bond motifs is 3. The molecule has 0 saturated carbocycles. The Morgan fingerprint density at radius 3 is 2.51 bits per heavy atom. The minimum absolute atomic E-state index is 0.0311. The summed E-state index contributed by atoms with van der Waals surface area (Å²) in [4.78, 5) is 18.6. The van der Waals surface area contributed by atoms with Gasteiger partial charge in [0.15, 0.2) is 6.61 Å². The van der Waals surface area contributed by atoms with Gasteiger partial charge in [-0.1, -0.05) is 12.1 Å². The van der Waals surface area contributed by atoms with Gasteiger partial charge in [-0.15, -0.1) is 0 Å². The van der Waals surface area contributed by atoms with Crippen LogP contribution in [-0.4, -0.2) is 36.2 Å². The normalized spacial score (nSPS) is 14.7. The molecule has 0 saturated heterocycles. The molecule has 35 heavy (non-hydrogen) atoms. The lowest BCUT2D eigenvalue weighted by atomic mass is 9.92. The number of nitrogens with two attached hydrogens (primary N) is 1. The number of methoxy groups -OCH3 is 1. The number of nitrogens with one attached hydrogen (secondary N) is 1. The van der Waals surface area contributed by atoms with Crippen LogP contribution in [0.1, 0.15) is 22.9 Å². The number of hydrogen-bond donors (Lipinski definition) is 2. The number of nitriles is 1. The van der Waals surface area contributed by atoms with Gasteiger partial charge in [0, 0.05) is 28.8 Å². The molecule has 4 aromatic rings. The SMILES string of the molecule is COc1ccc(OC(=O)N2CCc3c([nH]c4ccc(N)cc34)C2c2ccc(OCC#N)cc2)cc1. The smallest absolute Gasteiger partial charge is 0.416 e. The molecule has 0 radical (unpaired) electrons. The van der Waals surface area contributed by atoms with Crippen LogP contribution >= 0.6 is 0 Å². The second-order valence-electron chi connectivity index (χ2n) is 8.23. The van der Waals surface area contributed by atoms with Crippen LogP contribution in [0.4, 0.5) is 10.5 Å². The summed E-state index contributed by atoms with van der Waals surface area (Å²) in [5.74, 6) is 1.70. The van der Waals surface area contributed by atoms with Gasteiger partial charge < -0.3 is 24.9 Å². The number of aromatic nitrogens is 1. The predicted molar refractivity (Wildman–Crippen MR) is 132 cm³/mol. The van der Waals surface area contributed by atoms with Crippen LogP contribution < -0.4 is 19.9 Å². The minimum Gasteiger partial charge on any atom is -0.497 e. The highest BCUT2D eigenvalue weighted by molar-refractivity contribution is 5.88. The Labute approximate surface area is 202 Å². The first kappa shape index (κ1) is 22.2. The van der Waals surface area contributed by atoms with Crippen molar-refractivity contribution in [2.75, 3.05) is 26.0 Å². The summed E-state index contributed by atoms with van der Waals surface area (Å²) in [6, 6.07) is 21.6. The van der Waals surface area contributed by atoms with Crippen LogP contribution in [0.15, 0.2) is 66.7 Å². The largest absolute Gasteiger partial charge is 0.497 e. The highest BCUT2D eigenvalue weighted by Crippen LogP contribution is 2.39. The van der Waals surface area contributed by atoms with E-state index in [0.717, 1.165) is 27.7 Å². The molecule has 0 bridgehead atoms. The number of anilines is 1. The molecule has 1 amide bonds. The van der Waals surface area contributed by atoms with E-state index in [-0.39, 0.29) is 6.61 Å². The lowest BCUT2D eigenvalue weighted by Crippen LogP contribution is -2.42. The number of H-pyrrole nitrogens is 1. The van der Waals surface area contributed by atoms with Crippen molar-refractivity contribution in [2.24, 2.45) is 0 Å². The van der Waals surface area contributed by atoms with Crippen molar-refractivity contribution in [1.82, 2.24) is 9.88 Å². The van der Waals surface area contributed by atoms with E-state index in [1.54, 1.807) is 48.4 Å². The molecule has 8 heteroatoms. The molecular formula is C27H24N4O4. The number of benzene rings is 3. The van der Waals surface area contributed by atoms with Crippen molar-refractivity contribution >= 4 is 22.7 Å². The molecule has 5 rings (SSSR count). The zero-order valence-corrected chi connectivity index (χ0v) is 19.2. The quantitative estimate of drug-likeness (QED) is 0.407. The molecule has 1 aliphatic heterocycles. The number of aromatic amines is 1. The van der Waals surface area contributed by atoms with Crippen LogP contribution in [0.25, 0.3) is 10.9 Å². The lowest BCUT2D eigenvalue weighted by molar-refractivity contribution is 0.135. The van der Waals surface area contributed by atoms with E-state index >= 15 is 0 Å². The first-order chi connectivity index (χ1) is 17.1. The third-order valence-corrected chi connectivity index (χ3v) is 6.15. The molecule has 176 valence electrons. The average molecular weight is 469 g/mol. The standard InChI is InChI=1S/C27H24N4O4/c1-33-19-7-9-21(10-8-19)35-27(32)31-14-12-22-23-16-18(29)4-11-24(23)30-25(22)26(31)17-2-5-20(6-3-17)34-15-13-28/h2-11,16,26,30H,12,14-15,29H2,1H3. The third kappa shape index (κ3) is 4.32. The number of rotatable bonds is 5. The van der Waals surface area contributed by atoms with Gasteiger partial charge in [-0.05, 0) is 72.1 Å². The first-order valence-corrected chi connectivity index (χ1v) is 11.2. The number of nitrogens with zero attached hydrogens (tertiary/aromatic N) is 2.